The summed E-state index contributed by atoms with van der Waals surface area (Å²) < 4.78 is 14.9. The lowest BCUT2D eigenvalue weighted by atomic mass is 9.94. The molecule has 0 saturated carbocycles. The molecule has 3 heteroatoms. The van der Waals surface area contributed by atoms with Crippen molar-refractivity contribution in [1.29, 1.82) is 0 Å². The zero-order valence-corrected chi connectivity index (χ0v) is 13.6. The highest BCUT2D eigenvalue weighted by molar-refractivity contribution is 9.10. The molecule has 0 amide bonds. The molecular weight excluding hydrogens is 317 g/mol. The Hall–Kier alpha value is -1.19. The molecule has 1 atom stereocenters. The minimum Gasteiger partial charge on any atom is -0.313 e. The van der Waals surface area contributed by atoms with Crippen molar-refractivity contribution < 1.29 is 4.39 Å². The predicted molar refractivity (Wildman–Crippen MR) is 85.5 cm³/mol. The first-order valence-electron chi connectivity index (χ1n) is 6.70. The molecule has 0 aliphatic carbocycles. The van der Waals surface area contributed by atoms with Crippen LogP contribution in [0.4, 0.5) is 4.39 Å². The van der Waals surface area contributed by atoms with Crippen LogP contribution in [0.15, 0.2) is 40.9 Å². The van der Waals surface area contributed by atoms with Crippen molar-refractivity contribution in [2.24, 2.45) is 0 Å². The number of aryl methyl sites for hydroxylation is 2. The van der Waals surface area contributed by atoms with Crippen LogP contribution in [0.3, 0.4) is 0 Å². The lowest BCUT2D eigenvalue weighted by Crippen LogP contribution is -2.20. The van der Waals surface area contributed by atoms with Gasteiger partial charge in [0.15, 0.2) is 0 Å². The first-order chi connectivity index (χ1) is 9.52. The van der Waals surface area contributed by atoms with Gasteiger partial charge in [-0.2, -0.15) is 0 Å². The van der Waals surface area contributed by atoms with E-state index >= 15 is 0 Å². The molecule has 0 radical (unpaired) electrons. The van der Waals surface area contributed by atoms with E-state index in [1.54, 1.807) is 6.07 Å². The molecule has 106 valence electrons. The molecule has 1 unspecified atom stereocenters. The summed E-state index contributed by atoms with van der Waals surface area (Å²) in [5.41, 5.74) is 4.36. The van der Waals surface area contributed by atoms with Gasteiger partial charge in [0.05, 0.1) is 0 Å². The maximum Gasteiger partial charge on any atom is 0.126 e. The summed E-state index contributed by atoms with van der Waals surface area (Å²) in [5.74, 6) is -0.140. The van der Waals surface area contributed by atoms with Gasteiger partial charge < -0.3 is 5.32 Å². The molecule has 0 aliphatic rings. The summed E-state index contributed by atoms with van der Waals surface area (Å²) in [6.45, 7) is 4.16. The second-order valence-corrected chi connectivity index (χ2v) is 5.95. The van der Waals surface area contributed by atoms with Gasteiger partial charge in [-0.1, -0.05) is 40.2 Å². The Balaban J connectivity index is 2.34. The second-order valence-electron chi connectivity index (χ2n) is 5.09. The topological polar surface area (TPSA) is 12.0 Å². The SMILES string of the molecule is CNC(Cc1ccccc1F)c1cc(C)c(Br)cc1C. The van der Waals surface area contributed by atoms with Crippen molar-refractivity contribution in [2.75, 3.05) is 7.05 Å². The van der Waals surface area contributed by atoms with Crippen LogP contribution in [-0.2, 0) is 6.42 Å². The number of halogens is 2. The average molecular weight is 336 g/mol. The van der Waals surface area contributed by atoms with Crippen molar-refractivity contribution in [1.82, 2.24) is 5.32 Å². The number of hydrogen-bond acceptors (Lipinski definition) is 1. The Bertz CT molecular complexity index is 610. The molecule has 2 aromatic rings. The smallest absolute Gasteiger partial charge is 0.126 e. The van der Waals surface area contributed by atoms with Crippen LogP contribution in [0.1, 0.15) is 28.3 Å². The van der Waals surface area contributed by atoms with Crippen molar-refractivity contribution >= 4 is 15.9 Å². The van der Waals surface area contributed by atoms with Crippen molar-refractivity contribution in [2.45, 2.75) is 26.3 Å². The van der Waals surface area contributed by atoms with E-state index in [2.05, 4.69) is 47.2 Å². The molecule has 0 heterocycles. The summed E-state index contributed by atoms with van der Waals surface area (Å²) in [5, 5.41) is 3.30. The van der Waals surface area contributed by atoms with Crippen LogP contribution in [0.2, 0.25) is 0 Å². The molecule has 1 nitrogen and oxygen atoms in total. The number of likely N-dealkylation sites (N-methyl/N-ethyl adjacent to an activating group) is 1. The number of nitrogens with one attached hydrogen (secondary N) is 1. The van der Waals surface area contributed by atoms with Gasteiger partial charge in [-0.05, 0) is 61.7 Å². The van der Waals surface area contributed by atoms with E-state index in [4.69, 9.17) is 0 Å². The fraction of sp³-hybridized carbons (Fsp3) is 0.294. The molecule has 0 bridgehead atoms. The Labute approximate surface area is 128 Å². The third kappa shape index (κ3) is 3.28. The van der Waals surface area contributed by atoms with Crippen LogP contribution in [0, 0.1) is 19.7 Å². The quantitative estimate of drug-likeness (QED) is 0.853. The van der Waals surface area contributed by atoms with Crippen molar-refractivity contribution in [3.63, 3.8) is 0 Å². The normalized spacial score (nSPS) is 12.4. The fourth-order valence-electron chi connectivity index (χ4n) is 2.43. The summed E-state index contributed by atoms with van der Waals surface area (Å²) in [4.78, 5) is 0. The molecule has 0 fully saturated rings. The predicted octanol–water partition coefficient (Wildman–Crippen LogP) is 4.71. The Kier molecular flexibility index (Phi) is 4.95. The maximum absolute atomic E-state index is 13.8. The van der Waals surface area contributed by atoms with Gasteiger partial charge in [0.2, 0.25) is 0 Å². The molecule has 0 spiro atoms. The zero-order valence-electron chi connectivity index (χ0n) is 12.0. The van der Waals surface area contributed by atoms with Gasteiger partial charge in [-0.15, -0.1) is 0 Å². The Morgan fingerprint density at radius 1 is 1.15 bits per heavy atom. The molecule has 20 heavy (non-hydrogen) atoms. The Morgan fingerprint density at radius 2 is 1.85 bits per heavy atom. The lowest BCUT2D eigenvalue weighted by Gasteiger charge is -2.20. The van der Waals surface area contributed by atoms with Gasteiger partial charge in [0.1, 0.15) is 5.82 Å². The number of benzene rings is 2. The summed E-state index contributed by atoms with van der Waals surface area (Å²) in [7, 11) is 1.92. The first kappa shape index (κ1) is 15.2. The van der Waals surface area contributed by atoms with Crippen LogP contribution in [-0.4, -0.2) is 7.05 Å². The molecule has 0 aliphatic heterocycles. The van der Waals surface area contributed by atoms with E-state index < -0.39 is 0 Å². The summed E-state index contributed by atoms with van der Waals surface area (Å²) >= 11 is 3.55. The van der Waals surface area contributed by atoms with E-state index in [-0.39, 0.29) is 11.9 Å². The van der Waals surface area contributed by atoms with E-state index in [1.807, 2.05) is 19.2 Å². The second kappa shape index (κ2) is 6.51. The van der Waals surface area contributed by atoms with Gasteiger partial charge in [0, 0.05) is 10.5 Å². The number of rotatable bonds is 4. The molecule has 2 aromatic carbocycles. The highest BCUT2D eigenvalue weighted by atomic mass is 79.9. The van der Waals surface area contributed by atoms with Crippen LogP contribution < -0.4 is 5.32 Å². The van der Waals surface area contributed by atoms with Crippen molar-refractivity contribution in [3.8, 4) is 0 Å². The molecule has 0 aromatic heterocycles. The van der Waals surface area contributed by atoms with E-state index in [1.165, 1.54) is 22.8 Å². The molecule has 2 rings (SSSR count). The van der Waals surface area contributed by atoms with Crippen LogP contribution in [0.5, 0.6) is 0 Å². The van der Waals surface area contributed by atoms with Gasteiger partial charge in [-0.3, -0.25) is 0 Å². The van der Waals surface area contributed by atoms with Crippen LogP contribution >= 0.6 is 15.9 Å². The summed E-state index contributed by atoms with van der Waals surface area (Å²) in [6, 6.07) is 11.4. The molecule has 0 saturated heterocycles. The van der Waals surface area contributed by atoms with Gasteiger partial charge in [0.25, 0.3) is 0 Å². The third-order valence-corrected chi connectivity index (χ3v) is 4.51. The minimum atomic E-state index is -0.140. The van der Waals surface area contributed by atoms with Gasteiger partial charge >= 0.3 is 0 Å². The Morgan fingerprint density at radius 3 is 2.50 bits per heavy atom. The fourth-order valence-corrected chi connectivity index (χ4v) is 2.89. The zero-order chi connectivity index (χ0) is 14.7. The monoisotopic (exact) mass is 335 g/mol. The minimum absolute atomic E-state index is 0.110. The highest BCUT2D eigenvalue weighted by Gasteiger charge is 2.15. The molecule has 1 N–H and O–H groups in total. The maximum atomic E-state index is 13.8. The number of hydrogen-bond donors (Lipinski definition) is 1. The summed E-state index contributed by atoms with van der Waals surface area (Å²) in [6.07, 6.45) is 0.644. The van der Waals surface area contributed by atoms with Crippen LogP contribution in [0.25, 0.3) is 0 Å². The first-order valence-corrected chi connectivity index (χ1v) is 7.49. The lowest BCUT2D eigenvalue weighted by molar-refractivity contribution is 0.552. The van der Waals surface area contributed by atoms with E-state index in [9.17, 15) is 4.39 Å². The van der Waals surface area contributed by atoms with Crippen molar-refractivity contribution in [3.05, 3.63) is 68.9 Å². The molecular formula is C17H19BrFN. The van der Waals surface area contributed by atoms with E-state index in [0.717, 1.165) is 10.0 Å². The van der Waals surface area contributed by atoms with Gasteiger partial charge in [-0.25, -0.2) is 4.39 Å². The average Bonchev–Trinajstić information content (AvgIpc) is 2.42. The highest BCUT2D eigenvalue weighted by Crippen LogP contribution is 2.27. The third-order valence-electron chi connectivity index (χ3n) is 3.65. The standard InChI is InChI=1S/C17H19BrFN/c1-11-9-15(18)12(2)8-14(11)17(20-3)10-13-6-4-5-7-16(13)19/h4-9,17,20H,10H2,1-3H3. The van der Waals surface area contributed by atoms with E-state index in [0.29, 0.717) is 6.42 Å². The largest absolute Gasteiger partial charge is 0.313 e.